The summed E-state index contributed by atoms with van der Waals surface area (Å²) < 4.78 is 6.49. The molecule has 0 fully saturated rings. The summed E-state index contributed by atoms with van der Waals surface area (Å²) in [5, 5.41) is 2.31. The first-order valence-electron chi connectivity index (χ1n) is 17.2. The van der Waals surface area contributed by atoms with Crippen molar-refractivity contribution in [2.75, 3.05) is 0 Å². The van der Waals surface area contributed by atoms with Gasteiger partial charge in [-0.15, -0.1) is 0 Å². The number of benzene rings is 7. The molecule has 51 heavy (non-hydrogen) atoms. The Morgan fingerprint density at radius 3 is 1.82 bits per heavy atom. The van der Waals surface area contributed by atoms with Crippen molar-refractivity contribution in [2.24, 2.45) is 0 Å². The van der Waals surface area contributed by atoms with Crippen LogP contribution in [0.15, 0.2) is 184 Å². The minimum Gasteiger partial charge on any atom is -0.456 e. The van der Waals surface area contributed by atoms with Crippen molar-refractivity contribution in [3.63, 3.8) is 0 Å². The number of aromatic nitrogens is 2. The topological polar surface area (TPSA) is 38.9 Å². The number of hydrogen-bond acceptors (Lipinski definition) is 4. The van der Waals surface area contributed by atoms with Gasteiger partial charge in [-0.25, -0.2) is 9.97 Å². The molecule has 3 heterocycles. The molecule has 238 valence electrons. The second-order valence-corrected chi connectivity index (χ2v) is 14.3. The molecule has 1 aliphatic heterocycles. The first-order chi connectivity index (χ1) is 25.3. The molecule has 7 aromatic carbocycles. The van der Waals surface area contributed by atoms with Crippen molar-refractivity contribution >= 4 is 33.7 Å². The normalized spacial score (nSPS) is 13.6. The Balaban J connectivity index is 1.25. The molecule has 3 nitrogen and oxygen atoms in total. The Labute approximate surface area is 299 Å². The van der Waals surface area contributed by atoms with Crippen molar-refractivity contribution < 1.29 is 4.42 Å². The van der Waals surface area contributed by atoms with Crippen molar-refractivity contribution in [1.82, 2.24) is 9.97 Å². The maximum Gasteiger partial charge on any atom is 0.160 e. The van der Waals surface area contributed by atoms with E-state index in [1.165, 1.54) is 48.6 Å². The Kier molecular flexibility index (Phi) is 6.10. The number of furan rings is 1. The van der Waals surface area contributed by atoms with E-state index in [0.717, 1.165) is 44.6 Å². The highest BCUT2D eigenvalue weighted by Crippen LogP contribution is 2.64. The standard InChI is InChI=1S/C47H28N2OS/c1-3-13-29(14-4-1)38-28-39(49-46(48-38)30-15-5-2-6-16-30)31-23-24-32-37(27-31)47(34-18-8-11-21-42(34)51-43-22-12-9-19-35(43)47)36-25-26-41-45(44(32)36)33-17-7-10-20-40(33)50-41/h1-28H. The highest BCUT2D eigenvalue weighted by atomic mass is 32.2. The lowest BCUT2D eigenvalue weighted by molar-refractivity contribution is 0.668. The molecule has 0 saturated heterocycles. The fraction of sp³-hybridized carbons (Fsp3) is 0.0213. The second kappa shape index (κ2) is 10.9. The van der Waals surface area contributed by atoms with Gasteiger partial charge in [-0.05, 0) is 69.8 Å². The molecular formula is C47H28N2OS. The van der Waals surface area contributed by atoms with E-state index < -0.39 is 5.41 Å². The highest BCUT2D eigenvalue weighted by Gasteiger charge is 2.51. The van der Waals surface area contributed by atoms with Gasteiger partial charge in [0.05, 0.1) is 16.8 Å². The zero-order valence-electron chi connectivity index (χ0n) is 27.4. The maximum absolute atomic E-state index is 6.49. The molecule has 0 amide bonds. The lowest BCUT2D eigenvalue weighted by Gasteiger charge is -2.39. The number of nitrogens with zero attached hydrogens (tertiary/aromatic N) is 2. The molecule has 4 heteroatoms. The van der Waals surface area contributed by atoms with Crippen molar-refractivity contribution in [1.29, 1.82) is 0 Å². The third-order valence-electron chi connectivity index (χ3n) is 10.6. The molecule has 1 aliphatic carbocycles. The van der Waals surface area contributed by atoms with Crippen LogP contribution in [0.1, 0.15) is 22.3 Å². The predicted molar refractivity (Wildman–Crippen MR) is 207 cm³/mol. The first kappa shape index (κ1) is 28.6. The summed E-state index contributed by atoms with van der Waals surface area (Å²) in [7, 11) is 0. The van der Waals surface area contributed by atoms with Gasteiger partial charge in [-0.2, -0.15) is 0 Å². The SMILES string of the molecule is c1ccc(-c2cc(-c3ccc4c(c3)C3(c5ccccc5Sc5ccccc53)c3ccc5oc6ccccc6c5c3-4)nc(-c3ccccc3)n2)cc1. The average Bonchev–Trinajstić information content (AvgIpc) is 3.72. The van der Waals surface area contributed by atoms with Gasteiger partial charge in [0.2, 0.25) is 0 Å². The van der Waals surface area contributed by atoms with Gasteiger partial charge in [-0.3, -0.25) is 0 Å². The van der Waals surface area contributed by atoms with Crippen LogP contribution in [-0.4, -0.2) is 9.97 Å². The van der Waals surface area contributed by atoms with E-state index in [4.69, 9.17) is 14.4 Å². The molecule has 0 N–H and O–H groups in total. The van der Waals surface area contributed by atoms with Gasteiger partial charge in [0.1, 0.15) is 11.2 Å². The van der Waals surface area contributed by atoms with Crippen LogP contribution in [0.5, 0.6) is 0 Å². The number of rotatable bonds is 3. The van der Waals surface area contributed by atoms with E-state index in [2.05, 4.69) is 140 Å². The third-order valence-corrected chi connectivity index (χ3v) is 11.7. The maximum atomic E-state index is 6.49. The van der Waals surface area contributed by atoms with Gasteiger partial charge < -0.3 is 4.42 Å². The number of fused-ring (bicyclic) bond motifs is 13. The van der Waals surface area contributed by atoms with Gasteiger partial charge in [0.15, 0.2) is 5.82 Å². The Bertz CT molecular complexity index is 2740. The summed E-state index contributed by atoms with van der Waals surface area (Å²) in [4.78, 5) is 12.9. The average molecular weight is 669 g/mol. The van der Waals surface area contributed by atoms with E-state index in [1.54, 1.807) is 0 Å². The monoisotopic (exact) mass is 668 g/mol. The zero-order chi connectivity index (χ0) is 33.5. The van der Waals surface area contributed by atoms with Gasteiger partial charge in [0.25, 0.3) is 0 Å². The molecule has 0 bridgehead atoms. The van der Waals surface area contributed by atoms with Gasteiger partial charge in [0, 0.05) is 37.3 Å². The van der Waals surface area contributed by atoms with E-state index >= 15 is 0 Å². The van der Waals surface area contributed by atoms with Crippen LogP contribution >= 0.6 is 11.8 Å². The fourth-order valence-electron chi connectivity index (χ4n) is 8.43. The van der Waals surface area contributed by atoms with Crippen LogP contribution in [0, 0.1) is 0 Å². The van der Waals surface area contributed by atoms with E-state index in [9.17, 15) is 0 Å². The van der Waals surface area contributed by atoms with Gasteiger partial charge in [-0.1, -0.05) is 145 Å². The minimum absolute atomic E-state index is 0.538. The van der Waals surface area contributed by atoms with Crippen molar-refractivity contribution in [3.8, 4) is 45.0 Å². The minimum atomic E-state index is -0.538. The number of para-hydroxylation sites is 1. The van der Waals surface area contributed by atoms with Crippen molar-refractivity contribution in [2.45, 2.75) is 15.2 Å². The van der Waals surface area contributed by atoms with Crippen LogP contribution in [0.2, 0.25) is 0 Å². The second-order valence-electron chi connectivity index (χ2n) is 13.3. The van der Waals surface area contributed by atoms with E-state index in [0.29, 0.717) is 5.82 Å². The van der Waals surface area contributed by atoms with Crippen LogP contribution in [-0.2, 0) is 5.41 Å². The molecule has 0 saturated carbocycles. The smallest absolute Gasteiger partial charge is 0.160 e. The zero-order valence-corrected chi connectivity index (χ0v) is 28.2. The molecule has 0 atom stereocenters. The van der Waals surface area contributed by atoms with Crippen LogP contribution in [0.3, 0.4) is 0 Å². The highest BCUT2D eigenvalue weighted by molar-refractivity contribution is 7.99. The Hall–Kier alpha value is -6.23. The van der Waals surface area contributed by atoms with Crippen molar-refractivity contribution in [3.05, 3.63) is 192 Å². The Morgan fingerprint density at radius 1 is 0.451 bits per heavy atom. The lowest BCUT2D eigenvalue weighted by Crippen LogP contribution is -2.32. The Morgan fingerprint density at radius 2 is 1.08 bits per heavy atom. The summed E-state index contributed by atoms with van der Waals surface area (Å²) in [6.45, 7) is 0. The summed E-state index contributed by atoms with van der Waals surface area (Å²) in [6, 6.07) is 60.6. The third kappa shape index (κ3) is 4.08. The molecular weight excluding hydrogens is 641 g/mol. The van der Waals surface area contributed by atoms with Crippen LogP contribution < -0.4 is 0 Å². The molecule has 9 aromatic rings. The van der Waals surface area contributed by atoms with E-state index in [-0.39, 0.29) is 0 Å². The quantitative estimate of drug-likeness (QED) is 0.188. The summed E-state index contributed by atoms with van der Waals surface area (Å²) in [5.41, 5.74) is 13.8. The number of hydrogen-bond donors (Lipinski definition) is 0. The summed E-state index contributed by atoms with van der Waals surface area (Å²) in [5.74, 6) is 0.710. The molecule has 0 radical (unpaired) electrons. The largest absolute Gasteiger partial charge is 0.456 e. The summed E-state index contributed by atoms with van der Waals surface area (Å²) >= 11 is 1.86. The molecule has 0 unspecified atom stereocenters. The lowest BCUT2D eigenvalue weighted by atomic mass is 9.67. The van der Waals surface area contributed by atoms with Crippen LogP contribution in [0.25, 0.3) is 67.0 Å². The fourth-order valence-corrected chi connectivity index (χ4v) is 9.62. The van der Waals surface area contributed by atoms with Crippen LogP contribution in [0.4, 0.5) is 0 Å². The van der Waals surface area contributed by atoms with E-state index in [1.807, 2.05) is 42.1 Å². The summed E-state index contributed by atoms with van der Waals surface area (Å²) in [6.07, 6.45) is 0. The van der Waals surface area contributed by atoms with Gasteiger partial charge >= 0.3 is 0 Å². The molecule has 11 rings (SSSR count). The molecule has 1 spiro atoms. The first-order valence-corrected chi connectivity index (χ1v) is 18.1. The molecule has 2 aromatic heterocycles. The predicted octanol–water partition coefficient (Wildman–Crippen LogP) is 12.2. The molecule has 2 aliphatic rings.